The van der Waals surface area contributed by atoms with E-state index < -0.39 is 6.10 Å². The number of ether oxygens (including phenoxy) is 1. The van der Waals surface area contributed by atoms with Crippen LogP contribution in [0.4, 0.5) is 0 Å². The van der Waals surface area contributed by atoms with Crippen LogP contribution in [-0.2, 0) is 6.54 Å². The zero-order chi connectivity index (χ0) is 17.6. The molecule has 2 aromatic rings. The highest BCUT2D eigenvalue weighted by atomic mass is 16.5. The number of benzene rings is 2. The van der Waals surface area contributed by atoms with Gasteiger partial charge in [-0.05, 0) is 44.4 Å². The molecule has 0 aliphatic carbocycles. The molecule has 1 fully saturated rings. The van der Waals surface area contributed by atoms with E-state index in [0.29, 0.717) is 24.9 Å². The minimum absolute atomic E-state index is 0.235. The Morgan fingerprint density at radius 2 is 1.96 bits per heavy atom. The van der Waals surface area contributed by atoms with Gasteiger partial charge in [0.1, 0.15) is 0 Å². The van der Waals surface area contributed by atoms with Gasteiger partial charge in [-0.1, -0.05) is 42.5 Å². The molecule has 0 aromatic heterocycles. The number of likely N-dealkylation sites (tertiary alicyclic amines) is 1. The molecule has 0 spiro atoms. The first-order chi connectivity index (χ1) is 12.2. The quantitative estimate of drug-likeness (QED) is 0.802. The van der Waals surface area contributed by atoms with E-state index in [9.17, 15) is 10.2 Å². The van der Waals surface area contributed by atoms with Gasteiger partial charge < -0.3 is 14.9 Å². The van der Waals surface area contributed by atoms with Gasteiger partial charge in [-0.2, -0.15) is 0 Å². The van der Waals surface area contributed by atoms with Gasteiger partial charge in [-0.3, -0.25) is 4.90 Å². The number of hydrogen-bond donors (Lipinski definition) is 2. The first-order valence-electron chi connectivity index (χ1n) is 9.09. The number of phenolic OH excluding ortho intramolecular Hbond substituents is 1. The van der Waals surface area contributed by atoms with E-state index in [2.05, 4.69) is 4.90 Å². The van der Waals surface area contributed by atoms with Gasteiger partial charge in [0.25, 0.3) is 0 Å². The molecule has 2 aromatic carbocycles. The van der Waals surface area contributed by atoms with Gasteiger partial charge in [-0.15, -0.1) is 0 Å². The number of hydrogen-bond acceptors (Lipinski definition) is 4. The highest BCUT2D eigenvalue weighted by molar-refractivity contribution is 5.45. The molecule has 25 heavy (non-hydrogen) atoms. The van der Waals surface area contributed by atoms with Gasteiger partial charge >= 0.3 is 0 Å². The average molecular weight is 341 g/mol. The van der Waals surface area contributed by atoms with Crippen LogP contribution in [0.15, 0.2) is 48.5 Å². The fourth-order valence-corrected chi connectivity index (χ4v) is 3.63. The van der Waals surface area contributed by atoms with Crippen LogP contribution in [0.5, 0.6) is 11.5 Å². The summed E-state index contributed by atoms with van der Waals surface area (Å²) in [7, 11) is 0. The molecular formula is C21H27NO3. The fraction of sp³-hybridized carbons (Fsp3) is 0.429. The van der Waals surface area contributed by atoms with Crippen molar-refractivity contribution in [3.05, 3.63) is 59.7 Å². The van der Waals surface area contributed by atoms with Crippen LogP contribution in [0.3, 0.4) is 0 Å². The summed E-state index contributed by atoms with van der Waals surface area (Å²) >= 11 is 0. The summed E-state index contributed by atoms with van der Waals surface area (Å²) < 4.78 is 5.48. The van der Waals surface area contributed by atoms with E-state index in [1.807, 2.05) is 49.4 Å². The lowest BCUT2D eigenvalue weighted by Gasteiger charge is -2.27. The number of nitrogens with zero attached hydrogens (tertiary/aromatic N) is 1. The second-order valence-corrected chi connectivity index (χ2v) is 6.63. The molecule has 0 saturated carbocycles. The van der Waals surface area contributed by atoms with E-state index in [-0.39, 0.29) is 5.75 Å². The third-order valence-corrected chi connectivity index (χ3v) is 4.93. The van der Waals surface area contributed by atoms with Crippen molar-refractivity contribution in [3.63, 3.8) is 0 Å². The predicted octanol–water partition coefficient (Wildman–Crippen LogP) is 3.88. The van der Waals surface area contributed by atoms with E-state index in [4.69, 9.17) is 4.74 Å². The van der Waals surface area contributed by atoms with Crippen molar-refractivity contribution in [1.29, 1.82) is 0 Å². The largest absolute Gasteiger partial charge is 0.504 e. The summed E-state index contributed by atoms with van der Waals surface area (Å²) in [5, 5.41) is 21.0. The van der Waals surface area contributed by atoms with Crippen molar-refractivity contribution in [3.8, 4) is 11.5 Å². The SMILES string of the molecule is CCOc1cccc(CN2CCCC2CC(O)c2ccccc2)c1O. The van der Waals surface area contributed by atoms with Crippen LogP contribution in [0.25, 0.3) is 0 Å². The molecule has 4 nitrogen and oxygen atoms in total. The number of para-hydroxylation sites is 1. The Hall–Kier alpha value is -2.04. The first kappa shape index (κ1) is 17.8. The highest BCUT2D eigenvalue weighted by Crippen LogP contribution is 2.34. The minimum Gasteiger partial charge on any atom is -0.504 e. The standard InChI is InChI=1S/C21H27NO3/c1-2-25-20-12-6-10-17(21(20)24)15-22-13-7-11-18(22)14-19(23)16-8-4-3-5-9-16/h3-6,8-10,12,18-19,23-24H,2,7,11,13-15H2,1H3. The molecule has 0 radical (unpaired) electrons. The summed E-state index contributed by atoms with van der Waals surface area (Å²) in [6.07, 6.45) is 2.47. The lowest BCUT2D eigenvalue weighted by molar-refractivity contribution is 0.117. The molecule has 2 N–H and O–H groups in total. The molecule has 1 saturated heterocycles. The lowest BCUT2D eigenvalue weighted by Crippen LogP contribution is -2.30. The van der Waals surface area contributed by atoms with Crippen molar-refractivity contribution in [2.75, 3.05) is 13.2 Å². The third kappa shape index (κ3) is 4.33. The zero-order valence-corrected chi connectivity index (χ0v) is 14.8. The number of aliphatic hydroxyl groups is 1. The molecule has 3 rings (SSSR count). The molecule has 1 aliphatic heterocycles. The van der Waals surface area contributed by atoms with E-state index >= 15 is 0 Å². The maximum Gasteiger partial charge on any atom is 0.162 e. The van der Waals surface area contributed by atoms with Gasteiger partial charge in [0.05, 0.1) is 12.7 Å². The molecule has 134 valence electrons. The first-order valence-corrected chi connectivity index (χ1v) is 9.09. The smallest absolute Gasteiger partial charge is 0.162 e. The topological polar surface area (TPSA) is 52.9 Å². The summed E-state index contributed by atoms with van der Waals surface area (Å²) in [6, 6.07) is 15.8. The maximum atomic E-state index is 10.5. The van der Waals surface area contributed by atoms with E-state index in [0.717, 1.165) is 36.9 Å². The van der Waals surface area contributed by atoms with Crippen molar-refractivity contribution in [2.24, 2.45) is 0 Å². The molecule has 1 aliphatic rings. The van der Waals surface area contributed by atoms with E-state index in [1.165, 1.54) is 0 Å². The summed E-state index contributed by atoms with van der Waals surface area (Å²) in [4.78, 5) is 2.36. The molecule has 4 heteroatoms. The minimum atomic E-state index is -0.449. The average Bonchev–Trinajstić information content (AvgIpc) is 3.06. The molecule has 2 atom stereocenters. The Morgan fingerprint density at radius 1 is 1.16 bits per heavy atom. The van der Waals surface area contributed by atoms with Crippen LogP contribution < -0.4 is 4.74 Å². The van der Waals surface area contributed by atoms with Gasteiger partial charge in [-0.25, -0.2) is 0 Å². The van der Waals surface area contributed by atoms with Gasteiger partial charge in [0.15, 0.2) is 11.5 Å². The van der Waals surface area contributed by atoms with Crippen molar-refractivity contribution < 1.29 is 14.9 Å². The summed E-state index contributed by atoms with van der Waals surface area (Å²) in [5.41, 5.74) is 1.85. The Bertz CT molecular complexity index is 674. The summed E-state index contributed by atoms with van der Waals surface area (Å²) in [6.45, 7) is 4.11. The summed E-state index contributed by atoms with van der Waals surface area (Å²) in [5.74, 6) is 0.777. The Morgan fingerprint density at radius 3 is 2.72 bits per heavy atom. The zero-order valence-electron chi connectivity index (χ0n) is 14.8. The number of phenols is 1. The van der Waals surface area contributed by atoms with Crippen LogP contribution >= 0.6 is 0 Å². The van der Waals surface area contributed by atoms with Crippen LogP contribution in [0.1, 0.15) is 43.4 Å². The van der Waals surface area contributed by atoms with Crippen LogP contribution in [0, 0.1) is 0 Å². The van der Waals surface area contributed by atoms with Crippen LogP contribution in [0.2, 0.25) is 0 Å². The normalized spacial score (nSPS) is 19.0. The molecule has 1 heterocycles. The van der Waals surface area contributed by atoms with Crippen molar-refractivity contribution in [2.45, 2.75) is 44.9 Å². The maximum absolute atomic E-state index is 10.5. The lowest BCUT2D eigenvalue weighted by atomic mass is 10.00. The second-order valence-electron chi connectivity index (χ2n) is 6.63. The number of rotatable bonds is 7. The molecule has 0 bridgehead atoms. The fourth-order valence-electron chi connectivity index (χ4n) is 3.63. The molecule has 0 amide bonds. The van der Waals surface area contributed by atoms with Crippen LogP contribution in [-0.4, -0.2) is 34.3 Å². The van der Waals surface area contributed by atoms with Crippen molar-refractivity contribution >= 4 is 0 Å². The van der Waals surface area contributed by atoms with Crippen molar-refractivity contribution in [1.82, 2.24) is 4.90 Å². The number of aliphatic hydroxyl groups excluding tert-OH is 1. The van der Waals surface area contributed by atoms with Gasteiger partial charge in [0.2, 0.25) is 0 Å². The Labute approximate surface area is 149 Å². The van der Waals surface area contributed by atoms with E-state index in [1.54, 1.807) is 6.07 Å². The Kier molecular flexibility index (Phi) is 5.95. The predicted molar refractivity (Wildman–Crippen MR) is 98.7 cm³/mol. The number of aromatic hydroxyl groups is 1. The van der Waals surface area contributed by atoms with Gasteiger partial charge in [0, 0.05) is 18.2 Å². The monoisotopic (exact) mass is 341 g/mol. The molecule has 2 unspecified atom stereocenters. The third-order valence-electron chi connectivity index (χ3n) is 4.93. The Balaban J connectivity index is 1.67. The molecular weight excluding hydrogens is 314 g/mol. The highest BCUT2D eigenvalue weighted by Gasteiger charge is 2.28. The second kappa shape index (κ2) is 8.37.